The minimum absolute atomic E-state index is 0.101. The number of amides is 1. The molecule has 3 aromatic rings. The number of fused-ring (bicyclic) bond motifs is 2. The maximum absolute atomic E-state index is 14.4. The van der Waals surface area contributed by atoms with Gasteiger partial charge in [0.25, 0.3) is 5.91 Å². The average molecular weight is 486 g/mol. The molecule has 7 nitrogen and oxygen atoms in total. The van der Waals surface area contributed by atoms with Gasteiger partial charge in [0.15, 0.2) is 17.5 Å². The van der Waals surface area contributed by atoms with Gasteiger partial charge in [0.2, 0.25) is 0 Å². The highest BCUT2D eigenvalue weighted by Gasteiger charge is 2.49. The molecule has 2 fully saturated rings. The predicted molar refractivity (Wildman–Crippen MR) is 119 cm³/mol. The van der Waals surface area contributed by atoms with Crippen LogP contribution in [0, 0.1) is 19.7 Å². The van der Waals surface area contributed by atoms with Crippen LogP contribution in [0.25, 0.3) is 11.4 Å². The van der Waals surface area contributed by atoms with Crippen molar-refractivity contribution in [2.24, 2.45) is 0 Å². The lowest BCUT2D eigenvalue weighted by Gasteiger charge is -2.26. The number of hydrogen-bond donors (Lipinski definition) is 1. The number of pyridine rings is 2. The fourth-order valence-electron chi connectivity index (χ4n) is 5.02. The van der Waals surface area contributed by atoms with Crippen LogP contribution in [-0.4, -0.2) is 48.9 Å². The molecule has 0 radical (unpaired) electrons. The van der Waals surface area contributed by atoms with Crippen molar-refractivity contribution in [1.82, 2.24) is 24.8 Å². The van der Waals surface area contributed by atoms with E-state index in [2.05, 4.69) is 25.3 Å². The molecule has 0 aliphatic carbocycles. The Labute approximate surface area is 198 Å². The molecule has 11 heteroatoms. The van der Waals surface area contributed by atoms with Crippen LogP contribution in [0.4, 0.5) is 23.4 Å². The van der Waals surface area contributed by atoms with E-state index >= 15 is 0 Å². The van der Waals surface area contributed by atoms with Gasteiger partial charge in [0, 0.05) is 30.8 Å². The minimum Gasteiger partial charge on any atom is -0.363 e. The van der Waals surface area contributed by atoms with E-state index in [1.54, 1.807) is 29.6 Å². The van der Waals surface area contributed by atoms with Crippen molar-refractivity contribution < 1.29 is 22.4 Å². The van der Waals surface area contributed by atoms with Crippen molar-refractivity contribution in [3.63, 3.8) is 0 Å². The van der Waals surface area contributed by atoms with Gasteiger partial charge < -0.3 is 10.2 Å². The van der Waals surface area contributed by atoms with E-state index < -0.39 is 17.6 Å². The van der Waals surface area contributed by atoms with E-state index in [9.17, 15) is 22.4 Å². The van der Waals surface area contributed by atoms with Gasteiger partial charge in [-0.05, 0) is 56.4 Å². The number of carbonyl (C=O) groups is 1. The molecule has 1 N–H and O–H groups in total. The third-order valence-corrected chi connectivity index (χ3v) is 6.84. The van der Waals surface area contributed by atoms with Crippen molar-refractivity contribution in [2.75, 3.05) is 5.32 Å². The summed E-state index contributed by atoms with van der Waals surface area (Å²) in [5.74, 6) is -1.21. The lowest BCUT2D eigenvalue weighted by Crippen LogP contribution is -2.40. The summed E-state index contributed by atoms with van der Waals surface area (Å²) in [4.78, 5) is 32.2. The van der Waals surface area contributed by atoms with Crippen molar-refractivity contribution in [3.8, 4) is 11.4 Å². The molecule has 182 valence electrons. The Balaban J connectivity index is 1.43. The summed E-state index contributed by atoms with van der Waals surface area (Å²) in [6.07, 6.45) is 2.75. The average Bonchev–Trinajstić information content (AvgIpc) is 3.39. The molecule has 35 heavy (non-hydrogen) atoms. The Morgan fingerprint density at radius 3 is 2.51 bits per heavy atom. The number of hydrogen-bond acceptors (Lipinski definition) is 6. The van der Waals surface area contributed by atoms with E-state index in [-0.39, 0.29) is 35.5 Å². The summed E-state index contributed by atoms with van der Waals surface area (Å²) in [7, 11) is 0. The summed E-state index contributed by atoms with van der Waals surface area (Å²) >= 11 is 0. The molecule has 2 aliphatic rings. The highest BCUT2D eigenvalue weighted by Crippen LogP contribution is 2.41. The Morgan fingerprint density at radius 1 is 1.09 bits per heavy atom. The van der Waals surface area contributed by atoms with Gasteiger partial charge in [-0.2, -0.15) is 13.2 Å². The first kappa shape index (κ1) is 23.1. The van der Waals surface area contributed by atoms with Gasteiger partial charge in [-0.25, -0.2) is 19.3 Å². The van der Waals surface area contributed by atoms with Crippen molar-refractivity contribution in [3.05, 3.63) is 65.1 Å². The topological polar surface area (TPSA) is 83.9 Å². The van der Waals surface area contributed by atoms with Crippen LogP contribution in [0.5, 0.6) is 0 Å². The molecule has 1 amide bonds. The lowest BCUT2D eigenvalue weighted by atomic mass is 9.95. The number of anilines is 1. The second-order valence-electron chi connectivity index (χ2n) is 8.91. The Morgan fingerprint density at radius 2 is 1.83 bits per heavy atom. The van der Waals surface area contributed by atoms with E-state index in [0.717, 1.165) is 17.5 Å². The molecule has 5 heterocycles. The van der Waals surface area contributed by atoms with Crippen LogP contribution < -0.4 is 5.32 Å². The van der Waals surface area contributed by atoms with E-state index in [4.69, 9.17) is 0 Å². The molecule has 3 atom stereocenters. The Hall–Kier alpha value is -3.63. The van der Waals surface area contributed by atoms with Crippen LogP contribution in [0.3, 0.4) is 0 Å². The second kappa shape index (κ2) is 8.54. The van der Waals surface area contributed by atoms with Crippen LogP contribution in [0.2, 0.25) is 0 Å². The molecule has 2 saturated heterocycles. The summed E-state index contributed by atoms with van der Waals surface area (Å²) in [6.45, 7) is 3.79. The fourth-order valence-corrected chi connectivity index (χ4v) is 5.02. The third kappa shape index (κ3) is 4.08. The van der Waals surface area contributed by atoms with Gasteiger partial charge >= 0.3 is 6.18 Å². The molecule has 0 aromatic carbocycles. The molecule has 2 bridgehead atoms. The standard InChI is InChI=1S/C24H22F4N6O/c1-12-10-31-20(19(13(12)2)22-29-6-3-7-30-22)23(35)34-15-4-5-18(34)17(9-15)33-21-16(25)8-14(11-32-21)24(26,27)28/h3,6-8,10-11,15,17-18H,4-5,9H2,1-2H3,(H,32,33)/t15-,17-,18+/m1/s1. The van der Waals surface area contributed by atoms with Crippen LogP contribution >= 0.6 is 0 Å². The van der Waals surface area contributed by atoms with Crippen molar-refractivity contribution >= 4 is 11.7 Å². The number of carbonyl (C=O) groups excluding carboxylic acids is 1. The molecule has 0 saturated carbocycles. The summed E-state index contributed by atoms with van der Waals surface area (Å²) in [5.41, 5.74) is 1.42. The highest BCUT2D eigenvalue weighted by atomic mass is 19.4. The van der Waals surface area contributed by atoms with Crippen LogP contribution in [0.15, 0.2) is 36.9 Å². The number of nitrogens with zero attached hydrogens (tertiary/aromatic N) is 5. The maximum Gasteiger partial charge on any atom is 0.417 e. The molecule has 2 aliphatic heterocycles. The number of nitrogens with one attached hydrogen (secondary N) is 1. The first-order chi connectivity index (χ1) is 16.6. The fraction of sp³-hybridized carbons (Fsp3) is 0.375. The largest absolute Gasteiger partial charge is 0.417 e. The minimum atomic E-state index is -4.68. The van der Waals surface area contributed by atoms with Gasteiger partial charge in [-0.1, -0.05) is 0 Å². The SMILES string of the molecule is Cc1cnc(C(=O)N2[C@@H]3CC[C@H]2[C@H](Nc2ncc(C(F)(F)F)cc2F)C3)c(-c2ncccn2)c1C. The second-order valence-corrected chi connectivity index (χ2v) is 8.91. The van der Waals surface area contributed by atoms with Crippen LogP contribution in [0.1, 0.15) is 46.4 Å². The lowest BCUT2D eigenvalue weighted by molar-refractivity contribution is -0.138. The van der Waals surface area contributed by atoms with Gasteiger partial charge in [0.05, 0.1) is 23.2 Å². The van der Waals surface area contributed by atoms with Gasteiger partial charge in [0.1, 0.15) is 5.69 Å². The molecule has 3 aromatic heterocycles. The van der Waals surface area contributed by atoms with Gasteiger partial charge in [-0.3, -0.25) is 9.78 Å². The first-order valence-electron chi connectivity index (χ1n) is 11.2. The zero-order chi connectivity index (χ0) is 24.9. The number of rotatable bonds is 4. The molecule has 5 rings (SSSR count). The van der Waals surface area contributed by atoms with E-state index in [0.29, 0.717) is 36.5 Å². The van der Waals surface area contributed by atoms with E-state index in [1.165, 1.54) is 0 Å². The molecule has 0 spiro atoms. The maximum atomic E-state index is 14.4. The van der Waals surface area contributed by atoms with E-state index in [1.807, 2.05) is 13.8 Å². The third-order valence-electron chi connectivity index (χ3n) is 6.84. The number of aromatic nitrogens is 4. The Kier molecular flexibility index (Phi) is 5.65. The number of alkyl halides is 3. The zero-order valence-electron chi connectivity index (χ0n) is 19.0. The van der Waals surface area contributed by atoms with Crippen LogP contribution in [-0.2, 0) is 6.18 Å². The summed E-state index contributed by atoms with van der Waals surface area (Å²) < 4.78 is 52.9. The predicted octanol–water partition coefficient (Wildman–Crippen LogP) is 4.57. The smallest absolute Gasteiger partial charge is 0.363 e. The molecular weight excluding hydrogens is 464 g/mol. The zero-order valence-corrected chi connectivity index (χ0v) is 19.0. The molecular formula is C24H22F4N6O. The summed E-state index contributed by atoms with van der Waals surface area (Å²) in [6, 6.07) is 1.39. The van der Waals surface area contributed by atoms with Crippen molar-refractivity contribution in [1.29, 1.82) is 0 Å². The highest BCUT2D eigenvalue weighted by molar-refractivity contribution is 5.99. The number of aryl methyl sites for hydroxylation is 1. The monoisotopic (exact) mass is 486 g/mol. The normalized spacial score (nSPS) is 21.4. The number of halogens is 4. The van der Waals surface area contributed by atoms with Crippen molar-refractivity contribution in [2.45, 2.75) is 57.4 Å². The quantitative estimate of drug-likeness (QED) is 0.544. The van der Waals surface area contributed by atoms with Gasteiger partial charge in [-0.15, -0.1) is 0 Å². The summed E-state index contributed by atoms with van der Waals surface area (Å²) in [5, 5.41) is 2.93. The first-order valence-corrected chi connectivity index (χ1v) is 11.2. The molecule has 0 unspecified atom stereocenters. The Bertz CT molecular complexity index is 1280.